The van der Waals surface area contributed by atoms with Gasteiger partial charge in [0.25, 0.3) is 0 Å². The molecule has 2 nitrogen and oxygen atoms in total. The van der Waals surface area contributed by atoms with Crippen LogP contribution in [0.15, 0.2) is 60.7 Å². The molecule has 0 saturated heterocycles. The first-order valence-corrected chi connectivity index (χ1v) is 5.96. The highest BCUT2D eigenvalue weighted by atomic mass is 16.3. The summed E-state index contributed by atoms with van der Waals surface area (Å²) in [5.41, 5.74) is 1.82. The fourth-order valence-electron chi connectivity index (χ4n) is 1.79. The van der Waals surface area contributed by atoms with Gasteiger partial charge in [0.05, 0.1) is 0 Å². The number of allylic oxidation sites excluding steroid dienone is 2. The van der Waals surface area contributed by atoms with Crippen molar-refractivity contribution in [2.45, 2.75) is 12.8 Å². The molecule has 0 aliphatic carbocycles. The van der Waals surface area contributed by atoms with Crippen LogP contribution in [0, 0.1) is 0 Å². The van der Waals surface area contributed by atoms with E-state index in [2.05, 4.69) is 0 Å². The third kappa shape index (κ3) is 3.14. The Morgan fingerprint density at radius 2 is 1.06 bits per heavy atom. The van der Waals surface area contributed by atoms with Crippen LogP contribution in [0.5, 0.6) is 11.5 Å². The van der Waals surface area contributed by atoms with Crippen LogP contribution < -0.4 is 0 Å². The van der Waals surface area contributed by atoms with Crippen molar-refractivity contribution in [3.8, 4) is 11.5 Å². The zero-order valence-electron chi connectivity index (χ0n) is 10.1. The van der Waals surface area contributed by atoms with Gasteiger partial charge in [0.15, 0.2) is 0 Å². The Bertz CT molecular complexity index is 495. The molecule has 2 N–H and O–H groups in total. The molecule has 0 atom stereocenters. The van der Waals surface area contributed by atoms with Gasteiger partial charge >= 0.3 is 0 Å². The van der Waals surface area contributed by atoms with Crippen molar-refractivity contribution in [3.63, 3.8) is 0 Å². The number of benzene rings is 2. The first-order chi connectivity index (χ1) is 8.77. The summed E-state index contributed by atoms with van der Waals surface area (Å²) < 4.78 is 0. The second-order valence-corrected chi connectivity index (χ2v) is 4.14. The Labute approximate surface area is 107 Å². The van der Waals surface area contributed by atoms with Crippen LogP contribution in [0.25, 0.3) is 0 Å². The third-order valence-electron chi connectivity index (χ3n) is 2.83. The normalized spacial score (nSPS) is 10.9. The lowest BCUT2D eigenvalue weighted by Crippen LogP contribution is -1.84. The summed E-state index contributed by atoms with van der Waals surface area (Å²) >= 11 is 0. The quantitative estimate of drug-likeness (QED) is 0.804. The van der Waals surface area contributed by atoms with Crippen LogP contribution in [0.3, 0.4) is 0 Å². The molecular formula is C16H16O2. The van der Waals surface area contributed by atoms with Gasteiger partial charge in [-0.1, -0.05) is 48.6 Å². The van der Waals surface area contributed by atoms with Gasteiger partial charge in [-0.25, -0.2) is 0 Å². The Hall–Kier alpha value is -2.22. The first kappa shape index (κ1) is 12.2. The average Bonchev–Trinajstić information content (AvgIpc) is 2.38. The van der Waals surface area contributed by atoms with Crippen molar-refractivity contribution in [1.82, 2.24) is 0 Å². The lowest BCUT2D eigenvalue weighted by atomic mass is 10.1. The van der Waals surface area contributed by atoms with Crippen LogP contribution in [0.1, 0.15) is 11.1 Å². The molecule has 2 rings (SSSR count). The highest BCUT2D eigenvalue weighted by molar-refractivity contribution is 5.35. The molecule has 0 unspecified atom stereocenters. The van der Waals surface area contributed by atoms with Crippen LogP contribution in [0.4, 0.5) is 0 Å². The van der Waals surface area contributed by atoms with E-state index >= 15 is 0 Å². The number of para-hydroxylation sites is 2. The standard InChI is InChI=1S/C16H16O2/c17-15-11-5-3-9-13(15)7-1-2-8-14-10-4-6-12-16(14)18/h1-6,9-12,17-18H,7-8H2. The minimum atomic E-state index is 0.324. The van der Waals surface area contributed by atoms with Gasteiger partial charge in [-0.2, -0.15) is 0 Å². The zero-order chi connectivity index (χ0) is 12.8. The van der Waals surface area contributed by atoms with Gasteiger partial charge in [-0.3, -0.25) is 0 Å². The summed E-state index contributed by atoms with van der Waals surface area (Å²) in [6, 6.07) is 14.6. The van der Waals surface area contributed by atoms with Crippen molar-refractivity contribution >= 4 is 0 Å². The number of hydrogen-bond acceptors (Lipinski definition) is 2. The van der Waals surface area contributed by atoms with Gasteiger partial charge in [0.1, 0.15) is 11.5 Å². The molecule has 0 aliphatic rings. The molecule has 0 aromatic heterocycles. The van der Waals surface area contributed by atoms with E-state index in [-0.39, 0.29) is 0 Å². The first-order valence-electron chi connectivity index (χ1n) is 5.96. The molecule has 0 radical (unpaired) electrons. The van der Waals surface area contributed by atoms with Gasteiger partial charge in [-0.15, -0.1) is 0 Å². The van der Waals surface area contributed by atoms with Crippen molar-refractivity contribution in [2.75, 3.05) is 0 Å². The van der Waals surface area contributed by atoms with E-state index in [0.717, 1.165) is 11.1 Å². The largest absolute Gasteiger partial charge is 0.508 e. The summed E-state index contributed by atoms with van der Waals surface area (Å²) in [5, 5.41) is 19.2. The minimum absolute atomic E-state index is 0.324. The summed E-state index contributed by atoms with van der Waals surface area (Å²) in [4.78, 5) is 0. The number of aromatic hydroxyl groups is 2. The van der Waals surface area contributed by atoms with Gasteiger partial charge in [0, 0.05) is 0 Å². The second-order valence-electron chi connectivity index (χ2n) is 4.14. The summed E-state index contributed by atoms with van der Waals surface area (Å²) in [6.07, 6.45) is 5.39. The highest BCUT2D eigenvalue weighted by Crippen LogP contribution is 2.18. The van der Waals surface area contributed by atoms with E-state index in [1.807, 2.05) is 48.6 Å². The summed E-state index contributed by atoms with van der Waals surface area (Å²) in [6.45, 7) is 0. The van der Waals surface area contributed by atoms with Gasteiger partial charge in [0.2, 0.25) is 0 Å². The summed E-state index contributed by atoms with van der Waals surface area (Å²) in [7, 11) is 0. The van der Waals surface area contributed by atoms with E-state index < -0.39 is 0 Å². The SMILES string of the molecule is Oc1ccccc1CC=CCc1ccccc1O. The maximum atomic E-state index is 9.60. The second kappa shape index (κ2) is 5.92. The molecule has 92 valence electrons. The van der Waals surface area contributed by atoms with E-state index in [4.69, 9.17) is 0 Å². The van der Waals surface area contributed by atoms with Crippen molar-refractivity contribution in [1.29, 1.82) is 0 Å². The molecule has 0 bridgehead atoms. The van der Waals surface area contributed by atoms with Gasteiger partial charge < -0.3 is 10.2 Å². The topological polar surface area (TPSA) is 40.5 Å². The minimum Gasteiger partial charge on any atom is -0.508 e. The van der Waals surface area contributed by atoms with Crippen LogP contribution in [0.2, 0.25) is 0 Å². The number of phenolic OH excluding ortho intramolecular Hbond substituents is 2. The molecular weight excluding hydrogens is 224 g/mol. The van der Waals surface area contributed by atoms with Crippen LogP contribution in [-0.4, -0.2) is 10.2 Å². The van der Waals surface area contributed by atoms with E-state index in [9.17, 15) is 10.2 Å². The number of phenols is 2. The molecule has 18 heavy (non-hydrogen) atoms. The van der Waals surface area contributed by atoms with Crippen molar-refractivity contribution in [2.24, 2.45) is 0 Å². The third-order valence-corrected chi connectivity index (χ3v) is 2.83. The predicted molar refractivity (Wildman–Crippen MR) is 72.8 cm³/mol. The van der Waals surface area contributed by atoms with Crippen molar-refractivity contribution < 1.29 is 10.2 Å². The molecule has 2 aromatic carbocycles. The van der Waals surface area contributed by atoms with Crippen LogP contribution in [-0.2, 0) is 12.8 Å². The van der Waals surface area contributed by atoms with E-state index in [1.54, 1.807) is 12.1 Å². The molecule has 0 amide bonds. The maximum Gasteiger partial charge on any atom is 0.119 e. The monoisotopic (exact) mass is 240 g/mol. The van der Waals surface area contributed by atoms with Crippen molar-refractivity contribution in [3.05, 3.63) is 71.8 Å². The molecule has 2 heteroatoms. The Morgan fingerprint density at radius 1 is 0.667 bits per heavy atom. The molecule has 2 aromatic rings. The zero-order valence-corrected chi connectivity index (χ0v) is 10.1. The fourth-order valence-corrected chi connectivity index (χ4v) is 1.79. The summed E-state index contributed by atoms with van der Waals surface area (Å²) in [5.74, 6) is 0.648. The molecule has 0 saturated carbocycles. The molecule has 0 fully saturated rings. The predicted octanol–water partition coefficient (Wildman–Crippen LogP) is 3.44. The smallest absolute Gasteiger partial charge is 0.119 e. The fraction of sp³-hybridized carbons (Fsp3) is 0.125. The maximum absolute atomic E-state index is 9.60. The Morgan fingerprint density at radius 3 is 1.44 bits per heavy atom. The molecule has 0 heterocycles. The molecule has 0 spiro atoms. The van der Waals surface area contributed by atoms with Gasteiger partial charge in [-0.05, 0) is 36.1 Å². The van der Waals surface area contributed by atoms with E-state index in [0.29, 0.717) is 24.3 Å². The molecule has 0 aliphatic heterocycles. The van der Waals surface area contributed by atoms with Crippen LogP contribution >= 0.6 is 0 Å². The van der Waals surface area contributed by atoms with E-state index in [1.165, 1.54) is 0 Å². The number of rotatable bonds is 4. The number of hydrogen-bond donors (Lipinski definition) is 2. The lowest BCUT2D eigenvalue weighted by molar-refractivity contribution is 0.469. The highest BCUT2D eigenvalue weighted by Gasteiger charge is 1.97. The Balaban J connectivity index is 1.94. The average molecular weight is 240 g/mol. The Kier molecular flexibility index (Phi) is 4.02. The lowest BCUT2D eigenvalue weighted by Gasteiger charge is -2.01.